The maximum atomic E-state index is 12.4. The molecule has 7 nitrogen and oxygen atoms in total. The molecule has 1 aromatic rings. The lowest BCUT2D eigenvalue weighted by Crippen LogP contribution is -2.32. The van der Waals surface area contributed by atoms with E-state index in [1.807, 2.05) is 4.90 Å². The van der Waals surface area contributed by atoms with Gasteiger partial charge in [-0.2, -0.15) is 21.6 Å². The predicted molar refractivity (Wildman–Crippen MR) is 82.7 cm³/mol. The molecule has 2 heterocycles. The Morgan fingerprint density at radius 1 is 1.19 bits per heavy atom. The van der Waals surface area contributed by atoms with Gasteiger partial charge in [0.05, 0.1) is 19.6 Å². The number of esters is 1. The number of nitrogens with zero attached hydrogens (tertiary/aromatic N) is 1. The lowest BCUT2D eigenvalue weighted by molar-refractivity contribution is -0.133. The highest BCUT2D eigenvalue weighted by molar-refractivity contribution is 7.88. The molecule has 0 spiro atoms. The molecule has 3 rings (SSSR count). The Morgan fingerprint density at radius 3 is 2.54 bits per heavy atom. The summed E-state index contributed by atoms with van der Waals surface area (Å²) < 4.78 is 73.8. The summed E-state index contributed by atoms with van der Waals surface area (Å²) in [5, 5.41) is 0. The summed E-state index contributed by atoms with van der Waals surface area (Å²) >= 11 is 0. The van der Waals surface area contributed by atoms with Gasteiger partial charge in [-0.05, 0) is 17.7 Å². The molecule has 0 aromatic heterocycles. The highest BCUT2D eigenvalue weighted by Gasteiger charge is 2.48. The zero-order valence-electron chi connectivity index (χ0n) is 13.3. The molecule has 0 amide bonds. The van der Waals surface area contributed by atoms with Gasteiger partial charge >= 0.3 is 21.6 Å². The molecule has 0 aliphatic carbocycles. The first-order valence-corrected chi connectivity index (χ1v) is 8.95. The van der Waals surface area contributed by atoms with Crippen LogP contribution >= 0.6 is 0 Å². The second kappa shape index (κ2) is 6.80. The Morgan fingerprint density at radius 2 is 1.88 bits per heavy atom. The van der Waals surface area contributed by atoms with E-state index in [-0.39, 0.29) is 12.2 Å². The summed E-state index contributed by atoms with van der Waals surface area (Å²) in [5.74, 6) is -1.26. The lowest BCUT2D eigenvalue weighted by Gasteiger charge is -2.28. The average Bonchev–Trinajstić information content (AvgIpc) is 2.54. The second-order valence-corrected chi connectivity index (χ2v) is 7.13. The van der Waals surface area contributed by atoms with Gasteiger partial charge in [0.15, 0.2) is 0 Å². The topological polar surface area (TPSA) is 82.1 Å². The van der Waals surface area contributed by atoms with Gasteiger partial charge in [-0.3, -0.25) is 4.79 Å². The molecule has 0 saturated carbocycles. The molecule has 0 N–H and O–H groups in total. The van der Waals surface area contributed by atoms with Gasteiger partial charge in [0.1, 0.15) is 11.5 Å². The summed E-state index contributed by atoms with van der Waals surface area (Å²) in [6.45, 7) is 2.37. The smallest absolute Gasteiger partial charge is 0.425 e. The van der Waals surface area contributed by atoms with Gasteiger partial charge in [0.25, 0.3) is 0 Å². The molecular formula is C15H14F3NO6S. The number of carbonyl (C=O) groups excluding carboxylic acids is 1. The largest absolute Gasteiger partial charge is 0.534 e. The monoisotopic (exact) mass is 393 g/mol. The van der Waals surface area contributed by atoms with Crippen molar-refractivity contribution < 1.29 is 40.0 Å². The molecule has 142 valence electrons. The molecule has 1 saturated heterocycles. The van der Waals surface area contributed by atoms with Crippen molar-refractivity contribution in [2.45, 2.75) is 11.9 Å². The SMILES string of the molecule is O=C1CC(=CN2CCOCC2)c2ccc(OS(=O)(=O)C(F)(F)F)cc2O1. The van der Waals surface area contributed by atoms with Gasteiger partial charge in [-0.15, -0.1) is 0 Å². The summed E-state index contributed by atoms with van der Waals surface area (Å²) in [6, 6.07) is 3.38. The number of morpholine rings is 1. The number of ether oxygens (including phenoxy) is 2. The molecular weight excluding hydrogens is 379 g/mol. The van der Waals surface area contributed by atoms with Crippen molar-refractivity contribution in [2.24, 2.45) is 0 Å². The number of alkyl halides is 3. The van der Waals surface area contributed by atoms with Crippen LogP contribution in [0.1, 0.15) is 12.0 Å². The quantitative estimate of drug-likeness (QED) is 0.336. The van der Waals surface area contributed by atoms with Crippen LogP contribution in [0.25, 0.3) is 5.57 Å². The predicted octanol–water partition coefficient (Wildman–Crippen LogP) is 1.90. The van der Waals surface area contributed by atoms with Crippen LogP contribution in [0.15, 0.2) is 24.4 Å². The fraction of sp³-hybridized carbons (Fsp3) is 0.400. The highest BCUT2D eigenvalue weighted by Crippen LogP contribution is 2.37. The molecule has 1 fully saturated rings. The van der Waals surface area contributed by atoms with Gasteiger partial charge < -0.3 is 18.6 Å². The third-order valence-electron chi connectivity index (χ3n) is 3.73. The molecule has 2 aliphatic heterocycles. The van der Waals surface area contributed by atoms with Crippen molar-refractivity contribution in [2.75, 3.05) is 26.3 Å². The van der Waals surface area contributed by atoms with Crippen molar-refractivity contribution >= 4 is 21.7 Å². The van der Waals surface area contributed by atoms with Crippen LogP contribution < -0.4 is 8.92 Å². The van der Waals surface area contributed by atoms with E-state index in [9.17, 15) is 26.4 Å². The van der Waals surface area contributed by atoms with E-state index in [1.54, 1.807) is 6.20 Å². The maximum Gasteiger partial charge on any atom is 0.534 e. The standard InChI is InChI=1S/C15H14F3NO6S/c16-15(17,18)26(21,22)25-11-1-2-12-10(7-14(20)24-13(12)8-11)9-19-3-5-23-6-4-19/h1-2,8-9H,3-7H2. The Balaban J connectivity index is 1.89. The van der Waals surface area contributed by atoms with Crippen molar-refractivity contribution in [3.05, 3.63) is 30.0 Å². The molecule has 0 unspecified atom stereocenters. The maximum absolute atomic E-state index is 12.4. The van der Waals surface area contributed by atoms with E-state index in [1.165, 1.54) is 6.07 Å². The summed E-state index contributed by atoms with van der Waals surface area (Å²) in [7, 11) is -5.80. The summed E-state index contributed by atoms with van der Waals surface area (Å²) in [6.07, 6.45) is 1.76. The van der Waals surface area contributed by atoms with Crippen molar-refractivity contribution in [1.29, 1.82) is 0 Å². The van der Waals surface area contributed by atoms with Crippen molar-refractivity contribution in [1.82, 2.24) is 4.90 Å². The molecule has 1 aromatic carbocycles. The average molecular weight is 393 g/mol. The first-order valence-electron chi connectivity index (χ1n) is 7.54. The molecule has 0 atom stereocenters. The van der Waals surface area contributed by atoms with Crippen molar-refractivity contribution in [3.8, 4) is 11.5 Å². The van der Waals surface area contributed by atoms with E-state index in [4.69, 9.17) is 9.47 Å². The number of hydrogen-bond donors (Lipinski definition) is 0. The minimum absolute atomic E-state index is 0.00852. The van der Waals surface area contributed by atoms with Crippen LogP contribution in [0.2, 0.25) is 0 Å². The summed E-state index contributed by atoms with van der Waals surface area (Å²) in [5.41, 5.74) is -4.46. The van der Waals surface area contributed by atoms with E-state index in [0.29, 0.717) is 37.4 Å². The zero-order valence-corrected chi connectivity index (χ0v) is 14.1. The number of carbonyl (C=O) groups is 1. The lowest BCUT2D eigenvalue weighted by atomic mass is 10.00. The minimum Gasteiger partial charge on any atom is -0.425 e. The van der Waals surface area contributed by atoms with Crippen LogP contribution in [0, 0.1) is 0 Å². The van der Waals surface area contributed by atoms with Gasteiger partial charge in [-0.1, -0.05) is 0 Å². The summed E-state index contributed by atoms with van der Waals surface area (Å²) in [4.78, 5) is 13.7. The first kappa shape index (κ1) is 18.5. The first-order chi connectivity index (χ1) is 12.2. The second-order valence-electron chi connectivity index (χ2n) is 5.59. The van der Waals surface area contributed by atoms with Crippen LogP contribution in [0.5, 0.6) is 11.5 Å². The third kappa shape index (κ3) is 3.93. The molecule has 11 heteroatoms. The van der Waals surface area contributed by atoms with Gasteiger partial charge in [0, 0.05) is 30.9 Å². The van der Waals surface area contributed by atoms with Gasteiger partial charge in [-0.25, -0.2) is 0 Å². The molecule has 26 heavy (non-hydrogen) atoms. The van der Waals surface area contributed by atoms with Crippen LogP contribution in [-0.4, -0.2) is 51.1 Å². The molecule has 0 radical (unpaired) electrons. The van der Waals surface area contributed by atoms with Crippen molar-refractivity contribution in [3.63, 3.8) is 0 Å². The van der Waals surface area contributed by atoms with Crippen LogP contribution in [0.4, 0.5) is 13.2 Å². The highest BCUT2D eigenvalue weighted by atomic mass is 32.2. The van der Waals surface area contributed by atoms with Crippen LogP contribution in [-0.2, 0) is 19.6 Å². The number of rotatable bonds is 3. The Labute approximate surface area is 147 Å². The Hall–Kier alpha value is -2.27. The van der Waals surface area contributed by atoms with E-state index >= 15 is 0 Å². The normalized spacial score (nSPS) is 19.9. The fourth-order valence-corrected chi connectivity index (χ4v) is 2.98. The van der Waals surface area contributed by atoms with E-state index in [2.05, 4.69) is 4.18 Å². The number of fused-ring (bicyclic) bond motifs is 1. The third-order valence-corrected chi connectivity index (χ3v) is 4.71. The number of benzene rings is 1. The zero-order chi connectivity index (χ0) is 18.9. The fourth-order valence-electron chi connectivity index (χ4n) is 2.53. The molecule has 0 bridgehead atoms. The van der Waals surface area contributed by atoms with Gasteiger partial charge in [0.2, 0.25) is 0 Å². The Kier molecular flexibility index (Phi) is 4.84. The van der Waals surface area contributed by atoms with Crippen LogP contribution in [0.3, 0.4) is 0 Å². The minimum atomic E-state index is -5.80. The Bertz CT molecular complexity index is 843. The molecule has 2 aliphatic rings. The van der Waals surface area contributed by atoms with E-state index in [0.717, 1.165) is 12.1 Å². The number of hydrogen-bond acceptors (Lipinski definition) is 7. The van der Waals surface area contributed by atoms with E-state index < -0.39 is 27.3 Å². The number of halogens is 3.